The maximum Gasteiger partial charge on any atom is 0.218 e. The molecule has 96 valence electrons. The molecule has 0 amide bonds. The van der Waals surface area contributed by atoms with E-state index >= 15 is 0 Å². The van der Waals surface area contributed by atoms with Crippen LogP contribution < -0.4 is 10.1 Å². The molecule has 1 N–H and O–H groups in total. The van der Waals surface area contributed by atoms with Gasteiger partial charge in [0, 0.05) is 18.0 Å². The molecule has 0 aliphatic rings. The minimum atomic E-state index is 0.117. The molecule has 0 fully saturated rings. The highest BCUT2D eigenvalue weighted by Gasteiger charge is 2.05. The van der Waals surface area contributed by atoms with Crippen molar-refractivity contribution in [2.45, 2.75) is 45.8 Å². The quantitative estimate of drug-likeness (QED) is 0.763. The van der Waals surface area contributed by atoms with E-state index in [1.54, 1.807) is 0 Å². The van der Waals surface area contributed by atoms with Crippen LogP contribution in [-0.2, 0) is 0 Å². The van der Waals surface area contributed by atoms with E-state index in [4.69, 9.17) is 16.3 Å². The predicted octanol–water partition coefficient (Wildman–Crippen LogP) is 3.08. The first-order chi connectivity index (χ1) is 8.11. The van der Waals surface area contributed by atoms with Gasteiger partial charge in [-0.1, -0.05) is 0 Å². The van der Waals surface area contributed by atoms with Crippen molar-refractivity contribution in [3.8, 4) is 5.88 Å². The van der Waals surface area contributed by atoms with Crippen molar-refractivity contribution in [2.24, 2.45) is 0 Å². The van der Waals surface area contributed by atoms with Crippen molar-refractivity contribution in [2.75, 3.05) is 11.2 Å². The first-order valence-electron chi connectivity index (χ1n) is 5.93. The lowest BCUT2D eigenvalue weighted by molar-refractivity contribution is 0.232. The molecule has 1 rings (SSSR count). The van der Waals surface area contributed by atoms with E-state index in [-0.39, 0.29) is 6.10 Å². The zero-order chi connectivity index (χ0) is 12.7. The van der Waals surface area contributed by atoms with Crippen LogP contribution in [0.4, 0.5) is 5.82 Å². The van der Waals surface area contributed by atoms with Crippen LogP contribution in [-0.4, -0.2) is 28.0 Å². The zero-order valence-corrected chi connectivity index (χ0v) is 11.4. The predicted molar refractivity (Wildman–Crippen MR) is 70.8 cm³/mol. The first-order valence-corrected chi connectivity index (χ1v) is 6.46. The molecule has 17 heavy (non-hydrogen) atoms. The van der Waals surface area contributed by atoms with Gasteiger partial charge in [-0.2, -0.15) is 0 Å². The summed E-state index contributed by atoms with van der Waals surface area (Å²) in [5.74, 6) is 2.08. The van der Waals surface area contributed by atoms with Gasteiger partial charge in [-0.05, 0) is 33.6 Å². The summed E-state index contributed by atoms with van der Waals surface area (Å²) in [5.41, 5.74) is 0. The van der Waals surface area contributed by atoms with Crippen LogP contribution in [0.5, 0.6) is 5.88 Å². The molecule has 0 saturated heterocycles. The van der Waals surface area contributed by atoms with Crippen LogP contribution in [0.3, 0.4) is 0 Å². The minimum Gasteiger partial charge on any atom is -0.475 e. The summed E-state index contributed by atoms with van der Waals surface area (Å²) in [5, 5.41) is 3.30. The number of alkyl halides is 1. The number of aromatic nitrogens is 2. The second-order valence-corrected chi connectivity index (χ2v) is 4.66. The fourth-order valence-electron chi connectivity index (χ4n) is 1.43. The lowest BCUT2D eigenvalue weighted by Crippen LogP contribution is -2.16. The van der Waals surface area contributed by atoms with Gasteiger partial charge in [0.15, 0.2) is 0 Å². The van der Waals surface area contributed by atoms with Crippen molar-refractivity contribution in [3.05, 3.63) is 12.4 Å². The number of nitrogens with one attached hydrogen (secondary N) is 1. The first kappa shape index (κ1) is 14.0. The van der Waals surface area contributed by atoms with Crippen LogP contribution >= 0.6 is 11.6 Å². The molecule has 1 aromatic rings. The number of anilines is 1. The van der Waals surface area contributed by atoms with Gasteiger partial charge in [-0.3, -0.25) is 0 Å². The monoisotopic (exact) mass is 257 g/mol. The number of ether oxygens (including phenoxy) is 1. The Labute approximate surface area is 108 Å². The summed E-state index contributed by atoms with van der Waals surface area (Å²) >= 11 is 5.66. The van der Waals surface area contributed by atoms with Crippen molar-refractivity contribution >= 4 is 17.4 Å². The van der Waals surface area contributed by atoms with Crippen LogP contribution in [0, 0.1) is 0 Å². The van der Waals surface area contributed by atoms with Crippen LogP contribution in [0.2, 0.25) is 0 Å². The standard InChI is InChI=1S/C12H20ClN3O/c1-9(2)17-12-7-11(14-8-15-12)16-10(3)5-4-6-13/h7-10H,4-6H2,1-3H3,(H,14,15,16). The van der Waals surface area contributed by atoms with E-state index in [0.717, 1.165) is 18.7 Å². The Hall–Kier alpha value is -1.03. The van der Waals surface area contributed by atoms with Crippen LogP contribution in [0.15, 0.2) is 12.4 Å². The Morgan fingerprint density at radius 3 is 2.76 bits per heavy atom. The molecule has 1 heterocycles. The maximum atomic E-state index is 5.66. The third-order valence-electron chi connectivity index (χ3n) is 2.16. The van der Waals surface area contributed by atoms with E-state index in [0.29, 0.717) is 17.8 Å². The summed E-state index contributed by atoms with van der Waals surface area (Å²) in [4.78, 5) is 8.21. The summed E-state index contributed by atoms with van der Waals surface area (Å²) in [7, 11) is 0. The fourth-order valence-corrected chi connectivity index (χ4v) is 1.59. The number of halogens is 1. The maximum absolute atomic E-state index is 5.66. The summed E-state index contributed by atoms with van der Waals surface area (Å²) in [6.45, 7) is 6.05. The van der Waals surface area contributed by atoms with Gasteiger partial charge < -0.3 is 10.1 Å². The molecule has 1 aromatic heterocycles. The van der Waals surface area contributed by atoms with E-state index in [1.807, 2.05) is 19.9 Å². The van der Waals surface area contributed by atoms with Gasteiger partial charge in [0.2, 0.25) is 5.88 Å². The van der Waals surface area contributed by atoms with Gasteiger partial charge in [0.1, 0.15) is 12.1 Å². The van der Waals surface area contributed by atoms with Crippen molar-refractivity contribution in [3.63, 3.8) is 0 Å². The average molecular weight is 258 g/mol. The molecule has 1 atom stereocenters. The summed E-state index contributed by atoms with van der Waals surface area (Å²) < 4.78 is 5.51. The summed E-state index contributed by atoms with van der Waals surface area (Å²) in [6.07, 6.45) is 3.64. The Bertz CT molecular complexity index is 333. The van der Waals surface area contributed by atoms with E-state index in [9.17, 15) is 0 Å². The summed E-state index contributed by atoms with van der Waals surface area (Å²) in [6, 6.07) is 2.16. The van der Waals surface area contributed by atoms with Crippen LogP contribution in [0.25, 0.3) is 0 Å². The normalized spacial score (nSPS) is 12.5. The van der Waals surface area contributed by atoms with Gasteiger partial charge in [-0.15, -0.1) is 11.6 Å². The lowest BCUT2D eigenvalue weighted by atomic mass is 10.2. The molecule has 0 spiro atoms. The Morgan fingerprint density at radius 2 is 2.12 bits per heavy atom. The SMILES string of the molecule is CC(CCCCl)Nc1cc(OC(C)C)ncn1. The number of hydrogen-bond acceptors (Lipinski definition) is 4. The van der Waals surface area contributed by atoms with E-state index in [1.165, 1.54) is 6.33 Å². The van der Waals surface area contributed by atoms with E-state index < -0.39 is 0 Å². The minimum absolute atomic E-state index is 0.117. The van der Waals surface area contributed by atoms with Crippen molar-refractivity contribution in [1.82, 2.24) is 9.97 Å². The number of hydrogen-bond donors (Lipinski definition) is 1. The van der Waals surface area contributed by atoms with Crippen molar-refractivity contribution < 1.29 is 4.74 Å². The van der Waals surface area contributed by atoms with Gasteiger partial charge in [0.05, 0.1) is 6.10 Å². The molecule has 0 aliphatic carbocycles. The average Bonchev–Trinajstić information content (AvgIpc) is 2.26. The largest absolute Gasteiger partial charge is 0.475 e. The molecule has 0 saturated carbocycles. The van der Waals surface area contributed by atoms with Crippen LogP contribution in [0.1, 0.15) is 33.6 Å². The Balaban J connectivity index is 2.53. The second kappa shape index (κ2) is 7.33. The van der Waals surface area contributed by atoms with Gasteiger partial charge in [0.25, 0.3) is 0 Å². The highest BCUT2D eigenvalue weighted by atomic mass is 35.5. The smallest absolute Gasteiger partial charge is 0.218 e. The third kappa shape index (κ3) is 5.73. The molecule has 0 radical (unpaired) electrons. The highest BCUT2D eigenvalue weighted by Crippen LogP contribution is 2.14. The number of nitrogens with zero attached hydrogens (tertiary/aromatic N) is 2. The Morgan fingerprint density at radius 1 is 1.35 bits per heavy atom. The molecule has 1 unspecified atom stereocenters. The molecule has 4 nitrogen and oxygen atoms in total. The number of rotatable bonds is 7. The lowest BCUT2D eigenvalue weighted by Gasteiger charge is -2.14. The topological polar surface area (TPSA) is 47.0 Å². The molecule has 0 bridgehead atoms. The van der Waals surface area contributed by atoms with Gasteiger partial charge in [-0.25, -0.2) is 9.97 Å². The van der Waals surface area contributed by atoms with E-state index in [2.05, 4.69) is 22.2 Å². The van der Waals surface area contributed by atoms with Gasteiger partial charge >= 0.3 is 0 Å². The molecular formula is C12H20ClN3O. The fraction of sp³-hybridized carbons (Fsp3) is 0.667. The van der Waals surface area contributed by atoms with Crippen molar-refractivity contribution in [1.29, 1.82) is 0 Å². The zero-order valence-electron chi connectivity index (χ0n) is 10.6. The molecule has 0 aromatic carbocycles. The molecule has 0 aliphatic heterocycles. The molecular weight excluding hydrogens is 238 g/mol. The third-order valence-corrected chi connectivity index (χ3v) is 2.43. The second-order valence-electron chi connectivity index (χ2n) is 4.28. The highest BCUT2D eigenvalue weighted by molar-refractivity contribution is 6.17. The molecule has 5 heteroatoms. The Kier molecular flexibility index (Phi) is 6.05.